The molecule has 3 nitrogen and oxygen atoms in total. The van der Waals surface area contributed by atoms with Crippen LogP contribution >= 0.6 is 0 Å². The maximum atomic E-state index is 13.2. The summed E-state index contributed by atoms with van der Waals surface area (Å²) in [5.74, 6) is 0. The third-order valence-corrected chi connectivity index (χ3v) is 4.78. The highest BCUT2D eigenvalue weighted by Gasteiger charge is 2.31. The molecule has 0 atom stereocenters. The average molecular weight is 363 g/mol. The van der Waals surface area contributed by atoms with Gasteiger partial charge >= 0.3 is 6.18 Å². The number of hydrogen-bond acceptors (Lipinski definition) is 3. The molecule has 4 aromatic carbocycles. The van der Waals surface area contributed by atoms with Crippen LogP contribution in [-0.2, 0) is 6.18 Å². The monoisotopic (exact) mass is 363 g/mol. The Morgan fingerprint density at radius 2 is 1.19 bits per heavy atom. The lowest BCUT2D eigenvalue weighted by Gasteiger charge is -2.12. The van der Waals surface area contributed by atoms with Gasteiger partial charge in [-0.3, -0.25) is 0 Å². The van der Waals surface area contributed by atoms with Gasteiger partial charge in [0.15, 0.2) is 0 Å². The zero-order valence-electron chi connectivity index (χ0n) is 13.9. The molecule has 0 aliphatic heterocycles. The molecule has 5 rings (SSSR count). The number of fused-ring (bicyclic) bond motifs is 7. The van der Waals surface area contributed by atoms with Crippen molar-refractivity contribution >= 4 is 49.3 Å². The minimum Gasteiger partial charge on any atom is -0.397 e. The molecule has 0 unspecified atom stereocenters. The average Bonchev–Trinajstić information content (AvgIpc) is 2.66. The molecule has 0 amide bonds. The lowest BCUT2D eigenvalue weighted by molar-refractivity contribution is -0.137. The minimum absolute atomic E-state index is 0.0357. The third-order valence-electron chi connectivity index (χ3n) is 4.78. The maximum Gasteiger partial charge on any atom is 0.416 e. The molecule has 0 aliphatic rings. The molecule has 1 heterocycles. The van der Waals surface area contributed by atoms with Gasteiger partial charge in [0.25, 0.3) is 0 Å². The number of halogens is 3. The Bertz CT molecular complexity index is 1370. The Morgan fingerprint density at radius 3 is 1.74 bits per heavy atom. The minimum atomic E-state index is -4.50. The highest BCUT2D eigenvalue weighted by Crippen LogP contribution is 2.37. The van der Waals surface area contributed by atoms with E-state index in [9.17, 15) is 13.2 Å². The summed E-state index contributed by atoms with van der Waals surface area (Å²) in [7, 11) is 0. The standard InChI is InChI=1S/C21H12F3N3/c22-21(23,24)11-9-16(25)20-17(10-11)26-18-14-7-3-1-5-12(14)13-6-2-4-8-15(13)19(18)27-20/h1-10H,25H2. The van der Waals surface area contributed by atoms with Crippen LogP contribution in [0.3, 0.4) is 0 Å². The van der Waals surface area contributed by atoms with Crippen molar-refractivity contribution < 1.29 is 13.2 Å². The SMILES string of the molecule is Nc1cc(C(F)(F)F)cc2nc3c4ccccc4c4ccccc4c3nc12. The van der Waals surface area contributed by atoms with Crippen molar-refractivity contribution in [2.45, 2.75) is 6.18 Å². The third kappa shape index (κ3) is 2.30. The fraction of sp³-hybridized carbons (Fsp3) is 0.0476. The molecule has 0 saturated carbocycles. The van der Waals surface area contributed by atoms with Gasteiger partial charge in [-0.1, -0.05) is 48.5 Å². The predicted molar refractivity (Wildman–Crippen MR) is 101 cm³/mol. The van der Waals surface area contributed by atoms with Gasteiger partial charge in [-0.15, -0.1) is 0 Å². The summed E-state index contributed by atoms with van der Waals surface area (Å²) in [6.45, 7) is 0. The molecule has 0 spiro atoms. The van der Waals surface area contributed by atoms with Crippen LogP contribution in [-0.4, -0.2) is 9.97 Å². The van der Waals surface area contributed by atoms with Crippen LogP contribution in [0.1, 0.15) is 5.56 Å². The van der Waals surface area contributed by atoms with Crippen LogP contribution in [0.15, 0.2) is 60.7 Å². The lowest BCUT2D eigenvalue weighted by Crippen LogP contribution is -2.07. The van der Waals surface area contributed by atoms with E-state index in [0.717, 1.165) is 33.7 Å². The van der Waals surface area contributed by atoms with E-state index in [2.05, 4.69) is 9.97 Å². The summed E-state index contributed by atoms with van der Waals surface area (Å²) in [6, 6.07) is 17.4. The number of nitrogen functional groups attached to an aromatic ring is 1. The van der Waals surface area contributed by atoms with E-state index < -0.39 is 11.7 Å². The number of rotatable bonds is 0. The highest BCUT2D eigenvalue weighted by molar-refractivity contribution is 6.24. The first kappa shape index (κ1) is 15.8. The maximum absolute atomic E-state index is 13.2. The number of aromatic nitrogens is 2. The second-order valence-electron chi connectivity index (χ2n) is 6.44. The highest BCUT2D eigenvalue weighted by atomic mass is 19.4. The van der Waals surface area contributed by atoms with Crippen molar-refractivity contribution in [2.24, 2.45) is 0 Å². The van der Waals surface area contributed by atoms with Crippen LogP contribution in [0, 0.1) is 0 Å². The van der Waals surface area contributed by atoms with Gasteiger partial charge in [0.1, 0.15) is 5.52 Å². The van der Waals surface area contributed by atoms with E-state index in [1.807, 2.05) is 48.5 Å². The Hall–Kier alpha value is -3.41. The Kier molecular flexibility index (Phi) is 3.10. The topological polar surface area (TPSA) is 51.8 Å². The van der Waals surface area contributed by atoms with Gasteiger partial charge in [0.05, 0.1) is 27.8 Å². The molecule has 132 valence electrons. The van der Waals surface area contributed by atoms with Crippen molar-refractivity contribution in [2.75, 3.05) is 5.73 Å². The van der Waals surface area contributed by atoms with E-state index >= 15 is 0 Å². The number of nitrogens with two attached hydrogens (primary N) is 1. The van der Waals surface area contributed by atoms with Crippen molar-refractivity contribution in [1.29, 1.82) is 0 Å². The van der Waals surface area contributed by atoms with E-state index in [1.54, 1.807) is 0 Å². The molecule has 1 aromatic heterocycles. The Morgan fingerprint density at radius 1 is 0.667 bits per heavy atom. The van der Waals surface area contributed by atoms with Crippen molar-refractivity contribution in [1.82, 2.24) is 9.97 Å². The van der Waals surface area contributed by atoms with E-state index in [0.29, 0.717) is 11.0 Å². The number of benzene rings is 4. The molecule has 0 aliphatic carbocycles. The van der Waals surface area contributed by atoms with Crippen molar-refractivity contribution in [3.05, 3.63) is 66.2 Å². The lowest BCUT2D eigenvalue weighted by atomic mass is 9.99. The molecular weight excluding hydrogens is 351 g/mol. The molecule has 5 aromatic rings. The largest absolute Gasteiger partial charge is 0.416 e. The number of hydrogen-bond donors (Lipinski definition) is 1. The van der Waals surface area contributed by atoms with E-state index in [-0.39, 0.29) is 16.7 Å². The first-order valence-electron chi connectivity index (χ1n) is 8.31. The summed E-state index contributed by atoms with van der Waals surface area (Å²) in [5.41, 5.74) is 6.64. The van der Waals surface area contributed by atoms with Gasteiger partial charge in [-0.05, 0) is 22.9 Å². The summed E-state index contributed by atoms with van der Waals surface area (Å²) < 4.78 is 39.5. The fourth-order valence-electron chi connectivity index (χ4n) is 3.57. The normalized spacial score (nSPS) is 12.4. The van der Waals surface area contributed by atoms with E-state index in [1.165, 1.54) is 0 Å². The van der Waals surface area contributed by atoms with Crippen molar-refractivity contribution in [3.63, 3.8) is 0 Å². The molecule has 27 heavy (non-hydrogen) atoms. The van der Waals surface area contributed by atoms with Crippen LogP contribution in [0.2, 0.25) is 0 Å². The quantitative estimate of drug-likeness (QED) is 0.218. The molecule has 6 heteroatoms. The summed E-state index contributed by atoms with van der Waals surface area (Å²) in [4.78, 5) is 9.17. The van der Waals surface area contributed by atoms with Gasteiger partial charge < -0.3 is 5.73 Å². The van der Waals surface area contributed by atoms with Crippen LogP contribution in [0.5, 0.6) is 0 Å². The molecule has 0 radical (unpaired) electrons. The van der Waals surface area contributed by atoms with Gasteiger partial charge in [0, 0.05) is 10.8 Å². The predicted octanol–water partition coefficient (Wildman–Crippen LogP) is 5.69. The first-order chi connectivity index (χ1) is 12.9. The first-order valence-corrected chi connectivity index (χ1v) is 8.31. The summed E-state index contributed by atoms with van der Waals surface area (Å²) in [5, 5.41) is 3.73. The second kappa shape index (κ2) is 5.30. The molecular formula is C21H12F3N3. The van der Waals surface area contributed by atoms with Gasteiger partial charge in [-0.25, -0.2) is 9.97 Å². The fourth-order valence-corrected chi connectivity index (χ4v) is 3.57. The second-order valence-corrected chi connectivity index (χ2v) is 6.44. The molecule has 2 N–H and O–H groups in total. The van der Waals surface area contributed by atoms with Crippen LogP contribution in [0.4, 0.5) is 18.9 Å². The molecule has 0 fully saturated rings. The van der Waals surface area contributed by atoms with E-state index in [4.69, 9.17) is 5.73 Å². The number of nitrogens with zero attached hydrogens (tertiary/aromatic N) is 2. The van der Waals surface area contributed by atoms with Crippen LogP contribution < -0.4 is 5.73 Å². The smallest absolute Gasteiger partial charge is 0.397 e. The molecule has 0 bridgehead atoms. The zero-order chi connectivity index (χ0) is 18.8. The zero-order valence-corrected chi connectivity index (χ0v) is 13.9. The van der Waals surface area contributed by atoms with Crippen molar-refractivity contribution in [3.8, 4) is 0 Å². The summed E-state index contributed by atoms with van der Waals surface area (Å²) >= 11 is 0. The van der Waals surface area contributed by atoms with Crippen LogP contribution in [0.25, 0.3) is 43.6 Å². The molecule has 0 saturated heterocycles. The number of anilines is 1. The van der Waals surface area contributed by atoms with Gasteiger partial charge in [-0.2, -0.15) is 13.2 Å². The van der Waals surface area contributed by atoms with Gasteiger partial charge in [0.2, 0.25) is 0 Å². The Labute approximate surface area is 151 Å². The summed E-state index contributed by atoms with van der Waals surface area (Å²) in [6.07, 6.45) is -4.50. The number of alkyl halides is 3. The Balaban J connectivity index is 2.03.